The molecular weight excluding hydrogens is 413 g/mol. The highest BCUT2D eigenvalue weighted by molar-refractivity contribution is 7.16. The molecule has 164 valence electrons. The summed E-state index contributed by atoms with van der Waals surface area (Å²) >= 11 is 1.58. The van der Waals surface area contributed by atoms with E-state index >= 15 is 0 Å². The standard InChI is InChI=1S/C24H28FN3O2S/c1-3-19-16-20(24(31-19)26-23(29)21-9-6-14-30-21)22(17-7-5-8-18(25)15-17)28-12-10-27(4-2)11-13-28/h5-9,14-16,22H,3-4,10-13H2,1-2H3,(H,26,29). The van der Waals surface area contributed by atoms with Crippen molar-refractivity contribution in [3.8, 4) is 0 Å². The number of aryl methyl sites for hydroxylation is 1. The van der Waals surface area contributed by atoms with Gasteiger partial charge in [0.05, 0.1) is 12.3 Å². The summed E-state index contributed by atoms with van der Waals surface area (Å²) in [6.45, 7) is 9.03. The monoisotopic (exact) mass is 441 g/mol. The van der Waals surface area contributed by atoms with Crippen LogP contribution in [0.25, 0.3) is 0 Å². The minimum absolute atomic E-state index is 0.127. The van der Waals surface area contributed by atoms with Gasteiger partial charge in [-0.1, -0.05) is 26.0 Å². The number of nitrogens with zero attached hydrogens (tertiary/aromatic N) is 2. The molecule has 0 spiro atoms. The summed E-state index contributed by atoms with van der Waals surface area (Å²) in [6, 6.07) is 12.2. The van der Waals surface area contributed by atoms with Crippen LogP contribution in [-0.2, 0) is 6.42 Å². The number of anilines is 1. The Hall–Kier alpha value is -2.48. The average molecular weight is 442 g/mol. The van der Waals surface area contributed by atoms with Crippen molar-refractivity contribution < 1.29 is 13.6 Å². The van der Waals surface area contributed by atoms with Gasteiger partial charge in [-0.05, 0) is 48.9 Å². The lowest BCUT2D eigenvalue weighted by Crippen LogP contribution is -2.47. The highest BCUT2D eigenvalue weighted by Gasteiger charge is 2.30. The van der Waals surface area contributed by atoms with Gasteiger partial charge in [-0.2, -0.15) is 0 Å². The number of likely N-dealkylation sites (N-methyl/N-ethyl adjacent to an activating group) is 1. The molecule has 1 aliphatic heterocycles. The van der Waals surface area contributed by atoms with Crippen LogP contribution in [-0.4, -0.2) is 48.4 Å². The molecule has 4 rings (SSSR count). The Kier molecular flexibility index (Phi) is 6.85. The van der Waals surface area contributed by atoms with Gasteiger partial charge in [0, 0.05) is 36.6 Å². The lowest BCUT2D eigenvalue weighted by Gasteiger charge is -2.39. The van der Waals surface area contributed by atoms with E-state index in [0.29, 0.717) is 0 Å². The van der Waals surface area contributed by atoms with Crippen molar-refractivity contribution in [3.05, 3.63) is 76.3 Å². The van der Waals surface area contributed by atoms with Crippen LogP contribution < -0.4 is 5.32 Å². The number of hydrogen-bond acceptors (Lipinski definition) is 5. The molecule has 5 nitrogen and oxygen atoms in total. The molecule has 1 unspecified atom stereocenters. The number of piperazine rings is 1. The first-order valence-electron chi connectivity index (χ1n) is 10.8. The van der Waals surface area contributed by atoms with Gasteiger partial charge in [-0.25, -0.2) is 4.39 Å². The molecule has 1 N–H and O–H groups in total. The summed E-state index contributed by atoms with van der Waals surface area (Å²) in [6.07, 6.45) is 2.36. The zero-order chi connectivity index (χ0) is 21.8. The number of amides is 1. The zero-order valence-electron chi connectivity index (χ0n) is 17.9. The predicted molar refractivity (Wildman–Crippen MR) is 122 cm³/mol. The number of rotatable bonds is 7. The first-order chi connectivity index (χ1) is 15.1. The Labute approximate surface area is 186 Å². The maximum atomic E-state index is 14.2. The van der Waals surface area contributed by atoms with Gasteiger partial charge < -0.3 is 14.6 Å². The van der Waals surface area contributed by atoms with Gasteiger partial charge in [0.1, 0.15) is 10.8 Å². The minimum Gasteiger partial charge on any atom is -0.459 e. The third kappa shape index (κ3) is 4.89. The van der Waals surface area contributed by atoms with Crippen LogP contribution >= 0.6 is 11.3 Å². The van der Waals surface area contributed by atoms with Crippen LogP contribution in [0, 0.1) is 5.82 Å². The number of benzene rings is 1. The largest absolute Gasteiger partial charge is 0.459 e. The van der Waals surface area contributed by atoms with Crippen molar-refractivity contribution in [2.24, 2.45) is 0 Å². The molecular formula is C24H28FN3O2S. The highest BCUT2D eigenvalue weighted by Crippen LogP contribution is 2.40. The average Bonchev–Trinajstić information content (AvgIpc) is 3.45. The number of halogens is 1. The maximum absolute atomic E-state index is 14.2. The second kappa shape index (κ2) is 9.77. The molecule has 7 heteroatoms. The summed E-state index contributed by atoms with van der Waals surface area (Å²) in [7, 11) is 0. The normalized spacial score (nSPS) is 16.4. The Bertz CT molecular complexity index is 1010. The molecule has 3 aromatic rings. The highest BCUT2D eigenvalue weighted by atomic mass is 32.1. The number of carbonyl (C=O) groups is 1. The predicted octanol–water partition coefficient (Wildman–Crippen LogP) is 5.02. The summed E-state index contributed by atoms with van der Waals surface area (Å²) < 4.78 is 19.5. The fourth-order valence-corrected chi connectivity index (χ4v) is 5.13. The summed E-state index contributed by atoms with van der Waals surface area (Å²) in [5, 5.41) is 3.84. The van der Waals surface area contributed by atoms with Crippen molar-refractivity contribution in [2.45, 2.75) is 26.3 Å². The number of carbonyl (C=O) groups excluding carboxylic acids is 1. The van der Waals surface area contributed by atoms with Crippen LogP contribution in [0.15, 0.2) is 53.1 Å². The molecule has 0 bridgehead atoms. The van der Waals surface area contributed by atoms with E-state index in [9.17, 15) is 9.18 Å². The summed E-state index contributed by atoms with van der Waals surface area (Å²) in [5.74, 6) is -0.248. The second-order valence-corrected chi connectivity index (χ2v) is 8.85. The molecule has 1 fully saturated rings. The van der Waals surface area contributed by atoms with E-state index in [4.69, 9.17) is 4.42 Å². The van der Waals surface area contributed by atoms with Crippen molar-refractivity contribution >= 4 is 22.2 Å². The molecule has 1 amide bonds. The van der Waals surface area contributed by atoms with Crippen LogP contribution in [0.1, 0.15) is 46.4 Å². The van der Waals surface area contributed by atoms with Gasteiger partial charge in [-0.3, -0.25) is 9.69 Å². The first kappa shape index (κ1) is 21.7. The van der Waals surface area contributed by atoms with E-state index in [2.05, 4.69) is 35.0 Å². The lowest BCUT2D eigenvalue weighted by atomic mass is 9.97. The molecule has 1 atom stereocenters. The summed E-state index contributed by atoms with van der Waals surface area (Å²) in [5.41, 5.74) is 1.91. The quantitative estimate of drug-likeness (QED) is 0.559. The third-order valence-corrected chi connectivity index (χ3v) is 7.02. The van der Waals surface area contributed by atoms with Gasteiger partial charge in [0.25, 0.3) is 5.91 Å². The molecule has 2 aromatic heterocycles. The van der Waals surface area contributed by atoms with Crippen LogP contribution in [0.3, 0.4) is 0 Å². The Morgan fingerprint density at radius 3 is 2.61 bits per heavy atom. The van der Waals surface area contributed by atoms with E-state index in [1.54, 1.807) is 35.6 Å². The molecule has 1 saturated heterocycles. The topological polar surface area (TPSA) is 48.7 Å². The Morgan fingerprint density at radius 2 is 1.97 bits per heavy atom. The van der Waals surface area contributed by atoms with Gasteiger partial charge >= 0.3 is 0 Å². The SMILES string of the molecule is CCc1cc(C(c2cccc(F)c2)N2CCN(CC)CC2)c(NC(=O)c2ccco2)s1. The Balaban J connectivity index is 1.72. The molecule has 0 aliphatic carbocycles. The van der Waals surface area contributed by atoms with Crippen LogP contribution in [0.2, 0.25) is 0 Å². The van der Waals surface area contributed by atoms with E-state index in [1.807, 2.05) is 6.07 Å². The maximum Gasteiger partial charge on any atom is 0.291 e. The number of nitrogens with one attached hydrogen (secondary N) is 1. The van der Waals surface area contributed by atoms with Crippen LogP contribution in [0.4, 0.5) is 9.39 Å². The molecule has 0 saturated carbocycles. The second-order valence-electron chi connectivity index (χ2n) is 7.71. The van der Waals surface area contributed by atoms with Gasteiger partial charge in [-0.15, -0.1) is 11.3 Å². The fraction of sp³-hybridized carbons (Fsp3) is 0.375. The van der Waals surface area contributed by atoms with Crippen molar-refractivity contribution in [1.29, 1.82) is 0 Å². The lowest BCUT2D eigenvalue weighted by molar-refractivity contribution is 0.0995. The van der Waals surface area contributed by atoms with Crippen molar-refractivity contribution in [2.75, 3.05) is 38.0 Å². The summed E-state index contributed by atoms with van der Waals surface area (Å²) in [4.78, 5) is 18.7. The molecule has 1 aromatic carbocycles. The molecule has 1 aliphatic rings. The number of furan rings is 1. The van der Waals surface area contributed by atoms with Crippen molar-refractivity contribution in [1.82, 2.24) is 9.80 Å². The van der Waals surface area contributed by atoms with Gasteiger partial charge in [0.15, 0.2) is 5.76 Å². The smallest absolute Gasteiger partial charge is 0.291 e. The molecule has 3 heterocycles. The minimum atomic E-state index is -0.274. The number of hydrogen-bond donors (Lipinski definition) is 1. The van der Waals surface area contributed by atoms with E-state index in [0.717, 1.165) is 55.3 Å². The van der Waals surface area contributed by atoms with Crippen molar-refractivity contribution in [3.63, 3.8) is 0 Å². The zero-order valence-corrected chi connectivity index (χ0v) is 18.8. The number of thiophene rings is 1. The molecule has 31 heavy (non-hydrogen) atoms. The third-order valence-electron chi connectivity index (χ3n) is 5.81. The van der Waals surface area contributed by atoms with E-state index in [-0.39, 0.29) is 23.5 Å². The fourth-order valence-electron chi connectivity index (χ4n) is 4.11. The first-order valence-corrected chi connectivity index (χ1v) is 11.6. The Morgan fingerprint density at radius 1 is 1.16 bits per heavy atom. The van der Waals surface area contributed by atoms with Gasteiger partial charge in [0.2, 0.25) is 0 Å². The van der Waals surface area contributed by atoms with E-state index < -0.39 is 0 Å². The molecule has 0 radical (unpaired) electrons. The van der Waals surface area contributed by atoms with E-state index in [1.165, 1.54) is 17.2 Å². The van der Waals surface area contributed by atoms with Crippen LogP contribution in [0.5, 0.6) is 0 Å².